The minimum atomic E-state index is 0.627. The maximum absolute atomic E-state index is 5.65. The van der Waals surface area contributed by atoms with Crippen molar-refractivity contribution in [1.82, 2.24) is 14.6 Å². The Morgan fingerprint density at radius 1 is 1.47 bits per heavy atom. The molecule has 3 aromatic heterocycles. The molecule has 5 heteroatoms. The van der Waals surface area contributed by atoms with Gasteiger partial charge in [-0.15, -0.1) is 0 Å². The number of aryl methyl sites for hydroxylation is 1. The molecule has 0 fully saturated rings. The Morgan fingerprint density at radius 3 is 3.13 bits per heavy atom. The van der Waals surface area contributed by atoms with Crippen LogP contribution in [-0.4, -0.2) is 14.6 Å². The summed E-state index contributed by atoms with van der Waals surface area (Å²) >= 11 is 5.14. The van der Waals surface area contributed by atoms with Gasteiger partial charge in [-0.3, -0.25) is 9.50 Å². The third-order valence-corrected chi connectivity index (χ3v) is 2.80. The molecular formula is C10H9N3OS. The molecule has 0 aliphatic rings. The molecule has 15 heavy (non-hydrogen) atoms. The topological polar surface area (TPSA) is 46.2 Å². The molecule has 3 rings (SSSR count). The van der Waals surface area contributed by atoms with Crippen LogP contribution in [-0.2, 0) is 6.42 Å². The predicted molar refractivity (Wildman–Crippen MR) is 59.5 cm³/mol. The molecule has 76 valence electrons. The summed E-state index contributed by atoms with van der Waals surface area (Å²) in [5.41, 5.74) is 2.81. The standard InChI is InChI=1S/C10H9N3OS/c1-2-6-3-7-9(14-6)4-8-10(15)12-11-5-13(7)8/h3-5H,2H2,1H3,(H,12,15). The fourth-order valence-electron chi connectivity index (χ4n) is 1.74. The first kappa shape index (κ1) is 8.67. The quantitative estimate of drug-likeness (QED) is 0.640. The molecule has 0 radical (unpaired) electrons. The number of nitrogens with zero attached hydrogens (tertiary/aromatic N) is 2. The summed E-state index contributed by atoms with van der Waals surface area (Å²) in [7, 11) is 0. The Hall–Kier alpha value is -1.62. The minimum absolute atomic E-state index is 0.627. The van der Waals surface area contributed by atoms with Crippen LogP contribution in [0.4, 0.5) is 0 Å². The van der Waals surface area contributed by atoms with E-state index in [-0.39, 0.29) is 0 Å². The fraction of sp³-hybridized carbons (Fsp3) is 0.200. The number of hydrogen-bond donors (Lipinski definition) is 1. The molecule has 0 amide bonds. The molecule has 0 aliphatic heterocycles. The van der Waals surface area contributed by atoms with E-state index < -0.39 is 0 Å². The van der Waals surface area contributed by atoms with E-state index in [1.807, 2.05) is 16.5 Å². The van der Waals surface area contributed by atoms with Crippen LogP contribution in [0.25, 0.3) is 16.6 Å². The third kappa shape index (κ3) is 1.13. The average Bonchev–Trinajstić information content (AvgIpc) is 2.76. The Bertz CT molecular complexity index is 691. The summed E-state index contributed by atoms with van der Waals surface area (Å²) in [5, 5.41) is 6.72. The van der Waals surface area contributed by atoms with Crippen molar-refractivity contribution in [3.8, 4) is 0 Å². The molecule has 3 heterocycles. The highest BCUT2D eigenvalue weighted by atomic mass is 32.1. The molecule has 0 atom stereocenters. The summed E-state index contributed by atoms with van der Waals surface area (Å²) in [6, 6.07) is 3.97. The van der Waals surface area contributed by atoms with Crippen LogP contribution in [0.2, 0.25) is 0 Å². The Balaban J connectivity index is 2.51. The van der Waals surface area contributed by atoms with Crippen molar-refractivity contribution in [3.05, 3.63) is 28.9 Å². The number of nitrogens with one attached hydrogen (secondary N) is 1. The molecule has 0 aromatic carbocycles. The lowest BCUT2D eigenvalue weighted by molar-refractivity contribution is 0.557. The minimum Gasteiger partial charge on any atom is -0.459 e. The lowest BCUT2D eigenvalue weighted by Crippen LogP contribution is -1.89. The number of furan rings is 1. The lowest BCUT2D eigenvalue weighted by Gasteiger charge is -1.92. The smallest absolute Gasteiger partial charge is 0.153 e. The zero-order chi connectivity index (χ0) is 10.4. The van der Waals surface area contributed by atoms with Crippen molar-refractivity contribution in [3.63, 3.8) is 0 Å². The van der Waals surface area contributed by atoms with Crippen molar-refractivity contribution in [1.29, 1.82) is 0 Å². The molecule has 0 saturated carbocycles. The molecule has 3 aromatic rings. The van der Waals surface area contributed by atoms with Crippen LogP contribution in [0.15, 0.2) is 22.9 Å². The number of aromatic nitrogens is 3. The van der Waals surface area contributed by atoms with Gasteiger partial charge in [0, 0.05) is 18.6 Å². The van der Waals surface area contributed by atoms with Crippen molar-refractivity contribution in [2.45, 2.75) is 13.3 Å². The normalized spacial score (nSPS) is 11.5. The first-order chi connectivity index (χ1) is 7.29. The summed E-state index contributed by atoms with van der Waals surface area (Å²) in [6.45, 7) is 2.06. The van der Waals surface area contributed by atoms with Crippen LogP contribution in [0.3, 0.4) is 0 Å². The van der Waals surface area contributed by atoms with E-state index in [1.54, 1.807) is 6.33 Å². The maximum atomic E-state index is 5.65. The van der Waals surface area contributed by atoms with Crippen LogP contribution >= 0.6 is 12.2 Å². The average molecular weight is 219 g/mol. The van der Waals surface area contributed by atoms with Gasteiger partial charge >= 0.3 is 0 Å². The Kier molecular flexibility index (Phi) is 1.70. The van der Waals surface area contributed by atoms with Crippen LogP contribution in [0.5, 0.6) is 0 Å². The van der Waals surface area contributed by atoms with Gasteiger partial charge in [-0.2, -0.15) is 5.10 Å². The molecule has 0 saturated heterocycles. The second kappa shape index (κ2) is 2.93. The van der Waals surface area contributed by atoms with Crippen LogP contribution < -0.4 is 0 Å². The van der Waals surface area contributed by atoms with Crippen molar-refractivity contribution in [2.24, 2.45) is 0 Å². The SMILES string of the molecule is CCc1cc2c(cc3c(=S)[nH]ncn32)o1. The first-order valence-electron chi connectivity index (χ1n) is 4.76. The first-order valence-corrected chi connectivity index (χ1v) is 5.17. The van der Waals surface area contributed by atoms with E-state index in [1.165, 1.54) is 0 Å². The number of H-pyrrole nitrogens is 1. The van der Waals surface area contributed by atoms with Gasteiger partial charge in [0.1, 0.15) is 16.7 Å². The number of hydrogen-bond acceptors (Lipinski definition) is 3. The molecule has 0 aliphatic carbocycles. The highest BCUT2D eigenvalue weighted by Crippen LogP contribution is 2.23. The van der Waals surface area contributed by atoms with E-state index in [0.717, 1.165) is 28.8 Å². The fourth-order valence-corrected chi connectivity index (χ4v) is 1.95. The summed E-state index contributed by atoms with van der Waals surface area (Å²) in [5.74, 6) is 0.980. The zero-order valence-electron chi connectivity index (χ0n) is 8.15. The van der Waals surface area contributed by atoms with Gasteiger partial charge < -0.3 is 4.42 Å². The maximum Gasteiger partial charge on any atom is 0.153 e. The van der Waals surface area contributed by atoms with Crippen LogP contribution in [0.1, 0.15) is 12.7 Å². The predicted octanol–water partition coefficient (Wildman–Crippen LogP) is 2.70. The molecule has 4 nitrogen and oxygen atoms in total. The van der Waals surface area contributed by atoms with Crippen molar-refractivity contribution >= 4 is 28.8 Å². The third-order valence-electron chi connectivity index (χ3n) is 2.50. The van der Waals surface area contributed by atoms with E-state index in [4.69, 9.17) is 16.6 Å². The van der Waals surface area contributed by atoms with Gasteiger partial charge in [0.2, 0.25) is 0 Å². The summed E-state index contributed by atoms with van der Waals surface area (Å²) in [4.78, 5) is 0. The van der Waals surface area contributed by atoms with E-state index in [0.29, 0.717) is 4.64 Å². The Morgan fingerprint density at radius 2 is 2.33 bits per heavy atom. The van der Waals surface area contributed by atoms with Crippen molar-refractivity contribution < 1.29 is 4.42 Å². The van der Waals surface area contributed by atoms with Crippen molar-refractivity contribution in [2.75, 3.05) is 0 Å². The number of rotatable bonds is 1. The highest BCUT2D eigenvalue weighted by molar-refractivity contribution is 7.71. The van der Waals surface area contributed by atoms with Gasteiger partial charge in [-0.1, -0.05) is 19.1 Å². The highest BCUT2D eigenvalue weighted by Gasteiger charge is 2.08. The van der Waals surface area contributed by atoms with Gasteiger partial charge in [-0.25, -0.2) is 0 Å². The number of fused-ring (bicyclic) bond motifs is 3. The van der Waals surface area contributed by atoms with Gasteiger partial charge in [0.05, 0.1) is 11.0 Å². The summed E-state index contributed by atoms with van der Waals surface area (Å²) in [6.07, 6.45) is 2.60. The molecular weight excluding hydrogens is 210 g/mol. The molecule has 1 N–H and O–H groups in total. The molecule has 0 unspecified atom stereocenters. The second-order valence-electron chi connectivity index (χ2n) is 3.40. The van der Waals surface area contributed by atoms with Gasteiger partial charge in [0.15, 0.2) is 5.58 Å². The monoisotopic (exact) mass is 219 g/mol. The van der Waals surface area contributed by atoms with Crippen LogP contribution in [0, 0.1) is 4.64 Å². The zero-order valence-corrected chi connectivity index (χ0v) is 8.97. The molecule has 0 bridgehead atoms. The lowest BCUT2D eigenvalue weighted by atomic mass is 10.3. The Labute approximate surface area is 90.5 Å². The number of aromatic amines is 1. The second-order valence-corrected chi connectivity index (χ2v) is 3.81. The van der Waals surface area contributed by atoms with E-state index in [2.05, 4.69) is 17.1 Å². The van der Waals surface area contributed by atoms with Gasteiger partial charge in [-0.05, 0) is 0 Å². The van der Waals surface area contributed by atoms with E-state index in [9.17, 15) is 0 Å². The summed E-state index contributed by atoms with van der Waals surface area (Å²) < 4.78 is 8.22. The van der Waals surface area contributed by atoms with E-state index >= 15 is 0 Å². The molecule has 0 spiro atoms. The van der Waals surface area contributed by atoms with Gasteiger partial charge in [0.25, 0.3) is 0 Å². The largest absolute Gasteiger partial charge is 0.459 e.